The fraction of sp³-hybridized carbons (Fsp3) is 0.222. The van der Waals surface area contributed by atoms with Gasteiger partial charge in [-0.15, -0.1) is 0 Å². The average Bonchev–Trinajstić information content (AvgIpc) is 2.90. The Balaban J connectivity index is 1.65. The molecule has 2 amide bonds. The molecule has 3 aromatic rings. The zero-order valence-electron chi connectivity index (χ0n) is 20.9. The normalized spacial score (nSPS) is 10.9. The van der Waals surface area contributed by atoms with Gasteiger partial charge in [-0.3, -0.25) is 9.59 Å². The Morgan fingerprint density at radius 2 is 1.56 bits per heavy atom. The molecule has 2 N–H and O–H groups in total. The summed E-state index contributed by atoms with van der Waals surface area (Å²) in [5.41, 5.74) is 5.93. The SMILES string of the molecule is COc1ccc(OC)c(NC(=O)C(=O)N/N=C(\C)c2ccc(OCc3ccccc3C)c(OC)c2)c1. The highest BCUT2D eigenvalue weighted by molar-refractivity contribution is 6.39. The molecular formula is C27H29N3O6. The third kappa shape index (κ3) is 6.53. The van der Waals surface area contributed by atoms with Crippen molar-refractivity contribution >= 4 is 23.2 Å². The summed E-state index contributed by atoms with van der Waals surface area (Å²) >= 11 is 0. The third-order valence-corrected chi connectivity index (χ3v) is 5.41. The lowest BCUT2D eigenvalue weighted by Crippen LogP contribution is -2.33. The number of rotatable bonds is 9. The van der Waals surface area contributed by atoms with Crippen molar-refractivity contribution < 1.29 is 28.5 Å². The van der Waals surface area contributed by atoms with Gasteiger partial charge in [0, 0.05) is 11.6 Å². The highest BCUT2D eigenvalue weighted by Gasteiger charge is 2.17. The van der Waals surface area contributed by atoms with Crippen molar-refractivity contribution in [1.82, 2.24) is 5.43 Å². The zero-order valence-corrected chi connectivity index (χ0v) is 20.9. The minimum atomic E-state index is -0.940. The lowest BCUT2D eigenvalue weighted by Gasteiger charge is -2.13. The van der Waals surface area contributed by atoms with E-state index in [-0.39, 0.29) is 0 Å². The number of carbonyl (C=O) groups excluding carboxylic acids is 2. The summed E-state index contributed by atoms with van der Waals surface area (Å²) in [4.78, 5) is 24.7. The molecule has 0 spiro atoms. The number of amides is 2. The zero-order chi connectivity index (χ0) is 26.1. The molecule has 3 aromatic carbocycles. The Kier molecular flexibility index (Phi) is 8.88. The molecule has 0 radical (unpaired) electrons. The number of benzene rings is 3. The highest BCUT2D eigenvalue weighted by atomic mass is 16.5. The van der Waals surface area contributed by atoms with Crippen LogP contribution in [0, 0.1) is 6.92 Å². The topological polar surface area (TPSA) is 107 Å². The van der Waals surface area contributed by atoms with Gasteiger partial charge in [-0.05, 0) is 55.3 Å². The number of nitrogens with zero attached hydrogens (tertiary/aromatic N) is 1. The number of hydrazone groups is 1. The fourth-order valence-corrected chi connectivity index (χ4v) is 3.28. The first kappa shape index (κ1) is 26.1. The number of anilines is 1. The van der Waals surface area contributed by atoms with E-state index < -0.39 is 11.8 Å². The molecule has 188 valence electrons. The first-order chi connectivity index (χ1) is 17.4. The molecule has 0 atom stereocenters. The second-order valence-corrected chi connectivity index (χ2v) is 7.74. The van der Waals surface area contributed by atoms with Crippen LogP contribution < -0.4 is 29.7 Å². The van der Waals surface area contributed by atoms with Crippen molar-refractivity contribution in [3.05, 3.63) is 77.4 Å². The van der Waals surface area contributed by atoms with Crippen LogP contribution in [0.15, 0.2) is 65.8 Å². The Bertz CT molecular complexity index is 1270. The van der Waals surface area contributed by atoms with E-state index in [1.54, 1.807) is 50.4 Å². The molecule has 0 aliphatic carbocycles. The van der Waals surface area contributed by atoms with Crippen molar-refractivity contribution in [2.45, 2.75) is 20.5 Å². The first-order valence-electron chi connectivity index (χ1n) is 11.1. The molecule has 0 unspecified atom stereocenters. The molecule has 0 aliphatic rings. The molecule has 0 saturated heterocycles. The van der Waals surface area contributed by atoms with Crippen LogP contribution in [0.1, 0.15) is 23.6 Å². The van der Waals surface area contributed by atoms with Crippen molar-refractivity contribution in [3.8, 4) is 23.0 Å². The van der Waals surface area contributed by atoms with Gasteiger partial charge in [0.25, 0.3) is 0 Å². The molecule has 9 heteroatoms. The minimum Gasteiger partial charge on any atom is -0.497 e. The van der Waals surface area contributed by atoms with E-state index in [4.69, 9.17) is 18.9 Å². The predicted molar refractivity (Wildman–Crippen MR) is 137 cm³/mol. The minimum absolute atomic E-state index is 0.295. The molecule has 0 aromatic heterocycles. The van der Waals surface area contributed by atoms with Gasteiger partial charge >= 0.3 is 11.8 Å². The van der Waals surface area contributed by atoms with Crippen LogP contribution in [0.3, 0.4) is 0 Å². The number of hydrogen-bond acceptors (Lipinski definition) is 7. The van der Waals surface area contributed by atoms with Crippen LogP contribution in [-0.2, 0) is 16.2 Å². The summed E-state index contributed by atoms with van der Waals surface area (Å²) in [6.07, 6.45) is 0. The van der Waals surface area contributed by atoms with E-state index in [1.807, 2.05) is 31.2 Å². The molecule has 0 aliphatic heterocycles. The molecular weight excluding hydrogens is 462 g/mol. The number of hydrogen-bond donors (Lipinski definition) is 2. The quantitative estimate of drug-likeness (QED) is 0.265. The van der Waals surface area contributed by atoms with Crippen LogP contribution in [0.5, 0.6) is 23.0 Å². The first-order valence-corrected chi connectivity index (χ1v) is 11.1. The second kappa shape index (κ2) is 12.3. The summed E-state index contributed by atoms with van der Waals surface area (Å²) in [6, 6.07) is 18.1. The molecule has 0 bridgehead atoms. The van der Waals surface area contributed by atoms with E-state index in [0.29, 0.717) is 46.6 Å². The Hall–Kier alpha value is -4.53. The molecule has 0 saturated carbocycles. The summed E-state index contributed by atoms with van der Waals surface area (Å²) in [5, 5.41) is 6.54. The maximum atomic E-state index is 12.4. The van der Waals surface area contributed by atoms with Gasteiger partial charge in [-0.2, -0.15) is 5.10 Å². The highest BCUT2D eigenvalue weighted by Crippen LogP contribution is 2.30. The van der Waals surface area contributed by atoms with Gasteiger partial charge in [-0.1, -0.05) is 24.3 Å². The van der Waals surface area contributed by atoms with Crippen LogP contribution in [0.4, 0.5) is 5.69 Å². The summed E-state index contributed by atoms with van der Waals surface area (Å²) in [5.74, 6) is 0.131. The van der Waals surface area contributed by atoms with Crippen LogP contribution >= 0.6 is 0 Å². The number of nitrogens with one attached hydrogen (secondary N) is 2. The predicted octanol–water partition coefficient (Wildman–Crippen LogP) is 4.08. The van der Waals surface area contributed by atoms with E-state index in [1.165, 1.54) is 14.2 Å². The summed E-state index contributed by atoms with van der Waals surface area (Å²) in [7, 11) is 4.50. The van der Waals surface area contributed by atoms with Gasteiger partial charge in [0.2, 0.25) is 0 Å². The fourth-order valence-electron chi connectivity index (χ4n) is 3.28. The number of methoxy groups -OCH3 is 3. The maximum Gasteiger partial charge on any atom is 0.329 e. The van der Waals surface area contributed by atoms with E-state index >= 15 is 0 Å². The number of aryl methyl sites for hydroxylation is 1. The molecule has 0 fully saturated rings. The van der Waals surface area contributed by atoms with Gasteiger partial charge in [0.1, 0.15) is 18.1 Å². The molecule has 36 heavy (non-hydrogen) atoms. The Morgan fingerprint density at radius 3 is 2.25 bits per heavy atom. The summed E-state index contributed by atoms with van der Waals surface area (Å²) in [6.45, 7) is 4.13. The largest absolute Gasteiger partial charge is 0.497 e. The van der Waals surface area contributed by atoms with Crippen LogP contribution in [-0.4, -0.2) is 38.9 Å². The molecule has 0 heterocycles. The van der Waals surface area contributed by atoms with Crippen LogP contribution in [0.25, 0.3) is 0 Å². The van der Waals surface area contributed by atoms with Crippen molar-refractivity contribution in [2.24, 2.45) is 5.10 Å². The van der Waals surface area contributed by atoms with E-state index in [0.717, 1.165) is 11.1 Å². The van der Waals surface area contributed by atoms with Gasteiger partial charge in [-0.25, -0.2) is 5.43 Å². The monoisotopic (exact) mass is 491 g/mol. The van der Waals surface area contributed by atoms with E-state index in [9.17, 15) is 9.59 Å². The van der Waals surface area contributed by atoms with Gasteiger partial charge in [0.15, 0.2) is 11.5 Å². The molecule has 3 rings (SSSR count). The standard InChI is InChI=1S/C27H29N3O6/c1-17-8-6-7-9-20(17)16-36-24-12-10-19(14-25(24)35-5)18(2)29-30-27(32)26(31)28-22-15-21(33-3)11-13-23(22)34-4/h6-15H,16H2,1-5H3,(H,28,31)(H,30,32)/b29-18+. The van der Waals surface area contributed by atoms with Gasteiger partial charge in [0.05, 0.1) is 32.7 Å². The maximum absolute atomic E-state index is 12.4. The van der Waals surface area contributed by atoms with E-state index in [2.05, 4.69) is 15.8 Å². The van der Waals surface area contributed by atoms with Crippen molar-refractivity contribution in [2.75, 3.05) is 26.6 Å². The van der Waals surface area contributed by atoms with Crippen LogP contribution in [0.2, 0.25) is 0 Å². The summed E-state index contributed by atoms with van der Waals surface area (Å²) < 4.78 is 21.8. The van der Waals surface area contributed by atoms with Gasteiger partial charge < -0.3 is 24.3 Å². The second-order valence-electron chi connectivity index (χ2n) is 7.74. The number of carbonyl (C=O) groups is 2. The molecule has 9 nitrogen and oxygen atoms in total. The van der Waals surface area contributed by atoms with Crippen molar-refractivity contribution in [1.29, 1.82) is 0 Å². The van der Waals surface area contributed by atoms with Crippen molar-refractivity contribution in [3.63, 3.8) is 0 Å². The smallest absolute Gasteiger partial charge is 0.329 e. The number of ether oxygens (including phenoxy) is 4. The Morgan fingerprint density at radius 1 is 0.833 bits per heavy atom. The lowest BCUT2D eigenvalue weighted by molar-refractivity contribution is -0.136. The third-order valence-electron chi connectivity index (χ3n) is 5.41. The Labute approximate surface area is 210 Å². The lowest BCUT2D eigenvalue weighted by atomic mass is 10.1. The average molecular weight is 492 g/mol.